The highest BCUT2D eigenvalue weighted by Gasteiger charge is 2.25. The first-order valence-electron chi connectivity index (χ1n) is 12.3. The summed E-state index contributed by atoms with van der Waals surface area (Å²) in [5, 5.41) is 0. The second kappa shape index (κ2) is 15.3. The first kappa shape index (κ1) is 27.6. The van der Waals surface area contributed by atoms with Gasteiger partial charge in [0.1, 0.15) is 6.10 Å². The van der Waals surface area contributed by atoms with E-state index in [0.29, 0.717) is 36.2 Å². The molecule has 0 N–H and O–H groups in total. The monoisotopic (exact) mass is 479 g/mol. The van der Waals surface area contributed by atoms with Crippen molar-refractivity contribution in [1.82, 2.24) is 4.90 Å². The molecule has 3 rings (SSSR count). The minimum Gasteiger partial charge on any atom is -0.493 e. The average molecular weight is 480 g/mol. The molecule has 1 amide bonds. The Kier molecular flexibility index (Phi) is 12.4. The highest BCUT2D eigenvalue weighted by Crippen LogP contribution is 2.38. The standard InChI is InChI=1S/C13H23NO2.C13H18O5/c1-11-6-5-9-14(10-11)13(15)16-12-7-3-2-4-8-12;1-15-11-7-10(5-4-6-18-9-14)8-12(16-2)13(11)17-3/h11-12H,2-10H2,1H3;7-9H,4-6H2,1-3H3. The molecule has 34 heavy (non-hydrogen) atoms. The van der Waals surface area contributed by atoms with Crippen LogP contribution in [0.15, 0.2) is 12.1 Å². The number of hydrogen-bond donors (Lipinski definition) is 0. The number of ether oxygens (including phenoxy) is 5. The first-order valence-corrected chi connectivity index (χ1v) is 12.3. The van der Waals surface area contributed by atoms with Gasteiger partial charge in [-0.25, -0.2) is 4.79 Å². The molecule has 0 spiro atoms. The summed E-state index contributed by atoms with van der Waals surface area (Å²) in [6, 6.07) is 3.78. The zero-order valence-electron chi connectivity index (χ0n) is 21.2. The normalized spacial score (nSPS) is 18.2. The molecule has 0 radical (unpaired) electrons. The summed E-state index contributed by atoms with van der Waals surface area (Å²) in [6.07, 6.45) is 9.87. The summed E-state index contributed by atoms with van der Waals surface area (Å²) < 4.78 is 26.0. The van der Waals surface area contributed by atoms with Crippen molar-refractivity contribution in [2.24, 2.45) is 5.92 Å². The fourth-order valence-corrected chi connectivity index (χ4v) is 4.44. The zero-order valence-corrected chi connectivity index (χ0v) is 21.2. The van der Waals surface area contributed by atoms with Crippen molar-refractivity contribution >= 4 is 12.6 Å². The van der Waals surface area contributed by atoms with Gasteiger partial charge in [0, 0.05) is 13.1 Å². The smallest absolute Gasteiger partial charge is 0.410 e. The molecule has 2 aliphatic rings. The van der Waals surface area contributed by atoms with Gasteiger partial charge in [-0.05, 0) is 75.0 Å². The minimum absolute atomic E-state index is 0.0709. The number of methoxy groups -OCH3 is 3. The van der Waals surface area contributed by atoms with E-state index >= 15 is 0 Å². The number of likely N-dealkylation sites (tertiary alicyclic amines) is 1. The number of benzene rings is 1. The van der Waals surface area contributed by atoms with E-state index in [0.717, 1.165) is 50.8 Å². The second-order valence-corrected chi connectivity index (χ2v) is 8.94. The van der Waals surface area contributed by atoms with Gasteiger partial charge in [-0.15, -0.1) is 0 Å². The molecule has 2 fully saturated rings. The van der Waals surface area contributed by atoms with Gasteiger partial charge in [-0.1, -0.05) is 13.3 Å². The number of nitrogens with zero attached hydrogens (tertiary/aromatic N) is 1. The number of hydrogen-bond acceptors (Lipinski definition) is 7. The van der Waals surface area contributed by atoms with E-state index in [1.807, 2.05) is 17.0 Å². The molecule has 1 aliphatic heterocycles. The molecule has 8 nitrogen and oxygen atoms in total. The van der Waals surface area contributed by atoms with E-state index in [1.165, 1.54) is 25.7 Å². The molecule has 192 valence electrons. The fourth-order valence-electron chi connectivity index (χ4n) is 4.44. The minimum atomic E-state index is -0.0709. The quantitative estimate of drug-likeness (QED) is 0.364. The lowest BCUT2D eigenvalue weighted by molar-refractivity contribution is -0.128. The van der Waals surface area contributed by atoms with Crippen LogP contribution in [0.1, 0.15) is 63.9 Å². The van der Waals surface area contributed by atoms with Gasteiger partial charge < -0.3 is 28.6 Å². The van der Waals surface area contributed by atoms with Crippen LogP contribution in [0.2, 0.25) is 0 Å². The number of aryl methyl sites for hydroxylation is 1. The van der Waals surface area contributed by atoms with Crippen molar-refractivity contribution in [3.8, 4) is 17.2 Å². The average Bonchev–Trinajstić information content (AvgIpc) is 2.87. The second-order valence-electron chi connectivity index (χ2n) is 8.94. The van der Waals surface area contributed by atoms with Crippen LogP contribution in [0.4, 0.5) is 4.79 Å². The maximum Gasteiger partial charge on any atom is 0.410 e. The maximum absolute atomic E-state index is 11.9. The Morgan fingerprint density at radius 1 is 1.00 bits per heavy atom. The van der Waals surface area contributed by atoms with Crippen molar-refractivity contribution in [1.29, 1.82) is 0 Å². The fraction of sp³-hybridized carbons (Fsp3) is 0.692. The van der Waals surface area contributed by atoms with E-state index in [-0.39, 0.29) is 12.2 Å². The summed E-state index contributed by atoms with van der Waals surface area (Å²) >= 11 is 0. The molecule has 1 aromatic carbocycles. The van der Waals surface area contributed by atoms with Crippen LogP contribution in [-0.4, -0.2) is 64.6 Å². The number of carbonyl (C=O) groups is 2. The lowest BCUT2D eigenvalue weighted by Gasteiger charge is -2.32. The number of piperidine rings is 1. The molecule has 1 saturated carbocycles. The Bertz CT molecular complexity index is 724. The summed E-state index contributed by atoms with van der Waals surface area (Å²) in [5.74, 6) is 2.46. The summed E-state index contributed by atoms with van der Waals surface area (Å²) in [6.45, 7) is 4.83. The molecule has 0 bridgehead atoms. The molecule has 1 saturated heterocycles. The van der Waals surface area contributed by atoms with Gasteiger partial charge in [0.15, 0.2) is 11.5 Å². The maximum atomic E-state index is 11.9. The van der Waals surface area contributed by atoms with E-state index in [2.05, 4.69) is 11.7 Å². The SMILES string of the molecule is CC1CCCN(C(=O)OC2CCCCC2)C1.COc1cc(CCCOC=O)cc(OC)c1OC. The Hall–Kier alpha value is -2.64. The van der Waals surface area contributed by atoms with Crippen LogP contribution >= 0.6 is 0 Å². The third kappa shape index (κ3) is 8.95. The van der Waals surface area contributed by atoms with Crippen molar-refractivity contribution in [3.63, 3.8) is 0 Å². The van der Waals surface area contributed by atoms with Crippen molar-refractivity contribution in [2.45, 2.75) is 70.8 Å². The predicted octanol–water partition coefficient (Wildman–Crippen LogP) is 5.01. The Morgan fingerprint density at radius 2 is 1.68 bits per heavy atom. The molecule has 8 heteroatoms. The van der Waals surface area contributed by atoms with Crippen LogP contribution in [-0.2, 0) is 20.7 Å². The van der Waals surface area contributed by atoms with Crippen LogP contribution < -0.4 is 14.2 Å². The highest BCUT2D eigenvalue weighted by atomic mass is 16.6. The topological polar surface area (TPSA) is 83.5 Å². The number of carbonyl (C=O) groups excluding carboxylic acids is 2. The molecule has 1 unspecified atom stereocenters. The predicted molar refractivity (Wildman–Crippen MR) is 130 cm³/mol. The van der Waals surface area contributed by atoms with Crippen molar-refractivity contribution in [2.75, 3.05) is 41.0 Å². The van der Waals surface area contributed by atoms with Gasteiger partial charge in [-0.3, -0.25) is 4.79 Å². The summed E-state index contributed by atoms with van der Waals surface area (Å²) in [7, 11) is 4.73. The van der Waals surface area contributed by atoms with Gasteiger partial charge in [0.25, 0.3) is 6.47 Å². The van der Waals surface area contributed by atoms with Crippen LogP contribution in [0, 0.1) is 5.92 Å². The lowest BCUT2D eigenvalue weighted by atomic mass is 9.98. The van der Waals surface area contributed by atoms with E-state index in [9.17, 15) is 9.59 Å². The Labute approximate surface area is 203 Å². The molecule has 1 atom stereocenters. The largest absolute Gasteiger partial charge is 0.493 e. The number of amides is 1. The van der Waals surface area contributed by atoms with Crippen molar-refractivity contribution in [3.05, 3.63) is 17.7 Å². The van der Waals surface area contributed by atoms with Crippen LogP contribution in [0.3, 0.4) is 0 Å². The van der Waals surface area contributed by atoms with Gasteiger partial charge >= 0.3 is 6.09 Å². The highest BCUT2D eigenvalue weighted by molar-refractivity contribution is 5.68. The molecule has 1 aliphatic carbocycles. The van der Waals surface area contributed by atoms with E-state index in [1.54, 1.807) is 21.3 Å². The first-order chi connectivity index (χ1) is 16.5. The lowest BCUT2D eigenvalue weighted by Crippen LogP contribution is -2.41. The van der Waals surface area contributed by atoms with E-state index < -0.39 is 0 Å². The number of rotatable bonds is 9. The Morgan fingerprint density at radius 3 is 2.24 bits per heavy atom. The van der Waals surface area contributed by atoms with Gasteiger partial charge in [0.2, 0.25) is 5.75 Å². The van der Waals surface area contributed by atoms with E-state index in [4.69, 9.17) is 18.9 Å². The third-order valence-electron chi connectivity index (χ3n) is 6.26. The third-order valence-corrected chi connectivity index (χ3v) is 6.26. The Balaban J connectivity index is 0.000000241. The van der Waals surface area contributed by atoms with Gasteiger partial charge in [-0.2, -0.15) is 0 Å². The summed E-state index contributed by atoms with van der Waals surface area (Å²) in [5.41, 5.74) is 1.04. The molecule has 0 aromatic heterocycles. The van der Waals surface area contributed by atoms with Gasteiger partial charge in [0.05, 0.1) is 27.9 Å². The van der Waals surface area contributed by atoms with Crippen LogP contribution in [0.5, 0.6) is 17.2 Å². The molecular weight excluding hydrogens is 438 g/mol. The van der Waals surface area contributed by atoms with Crippen LogP contribution in [0.25, 0.3) is 0 Å². The summed E-state index contributed by atoms with van der Waals surface area (Å²) in [4.78, 5) is 23.8. The van der Waals surface area contributed by atoms with Crippen molar-refractivity contribution < 1.29 is 33.3 Å². The molecule has 1 heterocycles. The molecule has 1 aromatic rings. The molecular formula is C26H41NO7. The zero-order chi connectivity index (χ0) is 24.8.